The van der Waals surface area contributed by atoms with E-state index in [1.165, 1.54) is 30.3 Å². The van der Waals surface area contributed by atoms with Crippen LogP contribution in [0.1, 0.15) is 4.88 Å². The van der Waals surface area contributed by atoms with E-state index in [-0.39, 0.29) is 25.0 Å². The van der Waals surface area contributed by atoms with Crippen LogP contribution in [0.5, 0.6) is 0 Å². The first-order valence-corrected chi connectivity index (χ1v) is 11.3. The Balaban J connectivity index is 2.37. The van der Waals surface area contributed by atoms with Gasteiger partial charge in [0.1, 0.15) is 4.21 Å². The van der Waals surface area contributed by atoms with Crippen LogP contribution in [0.4, 0.5) is 4.79 Å². The number of benzene rings is 1. The molecule has 11 heteroatoms. The van der Waals surface area contributed by atoms with Gasteiger partial charge in [0.25, 0.3) is 0 Å². The van der Waals surface area contributed by atoms with Gasteiger partial charge in [-0.15, -0.1) is 11.3 Å². The summed E-state index contributed by atoms with van der Waals surface area (Å²) in [5.74, 6) is 0. The second-order valence-corrected chi connectivity index (χ2v) is 10.9. The molecule has 1 aromatic heterocycles. The Kier molecular flexibility index (Phi) is 5.37. The fourth-order valence-corrected chi connectivity index (χ4v) is 6.69. The molecule has 2 aromatic rings. The van der Waals surface area contributed by atoms with Gasteiger partial charge >= 0.3 is 6.09 Å². The van der Waals surface area contributed by atoms with Gasteiger partial charge in [0.15, 0.2) is 9.84 Å². The molecule has 0 aliphatic heterocycles. The molecule has 0 aliphatic carbocycles. The monoisotopic (exact) mass is 453 g/mol. The van der Waals surface area contributed by atoms with Crippen molar-refractivity contribution in [3.05, 3.63) is 39.7 Å². The first-order valence-electron chi connectivity index (χ1n) is 6.32. The smallest absolute Gasteiger partial charge is 0.404 e. The van der Waals surface area contributed by atoms with Crippen molar-refractivity contribution in [1.82, 2.24) is 5.32 Å². The Labute approximate surface area is 151 Å². The highest BCUT2D eigenvalue weighted by Gasteiger charge is 2.22. The maximum absolute atomic E-state index is 12.6. The molecule has 0 saturated carbocycles. The molecule has 0 fully saturated rings. The lowest BCUT2D eigenvalue weighted by molar-refractivity contribution is 0.194. The number of rotatable bonds is 5. The van der Waals surface area contributed by atoms with Gasteiger partial charge in [0.2, 0.25) is 9.84 Å². The van der Waals surface area contributed by atoms with Crippen LogP contribution in [0.15, 0.2) is 48.8 Å². The predicted molar refractivity (Wildman–Crippen MR) is 91.9 cm³/mol. The summed E-state index contributed by atoms with van der Waals surface area (Å²) in [6.45, 7) is 0.00618. The number of thiophene rings is 1. The lowest BCUT2D eigenvalue weighted by Gasteiger charge is -2.06. The van der Waals surface area contributed by atoms with Crippen molar-refractivity contribution in [2.75, 3.05) is 6.26 Å². The van der Waals surface area contributed by atoms with E-state index >= 15 is 0 Å². The van der Waals surface area contributed by atoms with E-state index in [1.54, 1.807) is 0 Å². The summed E-state index contributed by atoms with van der Waals surface area (Å²) < 4.78 is 48.6. The number of hydrogen-bond donors (Lipinski definition) is 2. The number of hydrogen-bond acceptors (Lipinski definition) is 6. The molecule has 0 atom stereocenters. The molecular formula is C13H12BrNO6S3. The third-order valence-electron chi connectivity index (χ3n) is 2.93. The molecule has 2 rings (SSSR count). The van der Waals surface area contributed by atoms with E-state index in [4.69, 9.17) is 5.11 Å². The summed E-state index contributed by atoms with van der Waals surface area (Å²) in [6.07, 6.45) is -0.171. The zero-order valence-electron chi connectivity index (χ0n) is 12.2. The molecule has 0 bridgehead atoms. The zero-order chi connectivity index (χ0) is 18.1. The van der Waals surface area contributed by atoms with Gasteiger partial charge in [-0.05, 0) is 46.3 Å². The Morgan fingerprint density at radius 1 is 1.21 bits per heavy atom. The fraction of sp³-hybridized carbons (Fsp3) is 0.154. The van der Waals surface area contributed by atoms with E-state index in [0.717, 1.165) is 17.6 Å². The van der Waals surface area contributed by atoms with Crippen molar-refractivity contribution < 1.29 is 26.7 Å². The lowest BCUT2D eigenvalue weighted by atomic mass is 10.4. The Hall–Kier alpha value is -1.43. The van der Waals surface area contributed by atoms with E-state index in [1.807, 2.05) is 0 Å². The molecule has 2 N–H and O–H groups in total. The SMILES string of the molecule is CS(=O)(=O)c1ccc(S(=O)(=O)c2ccc(CNC(=O)O)s2)cc1Br. The largest absolute Gasteiger partial charge is 0.465 e. The predicted octanol–water partition coefficient (Wildman–Crippen LogP) is 2.51. The summed E-state index contributed by atoms with van der Waals surface area (Å²) in [5.41, 5.74) is 0. The van der Waals surface area contributed by atoms with Crippen molar-refractivity contribution in [2.45, 2.75) is 20.5 Å². The maximum Gasteiger partial charge on any atom is 0.404 e. The van der Waals surface area contributed by atoms with Gasteiger partial charge in [-0.25, -0.2) is 21.6 Å². The van der Waals surface area contributed by atoms with Crippen molar-refractivity contribution in [1.29, 1.82) is 0 Å². The Morgan fingerprint density at radius 2 is 1.88 bits per heavy atom. The van der Waals surface area contributed by atoms with Crippen molar-refractivity contribution in [3.8, 4) is 0 Å². The van der Waals surface area contributed by atoms with E-state index in [2.05, 4.69) is 21.2 Å². The summed E-state index contributed by atoms with van der Waals surface area (Å²) in [4.78, 5) is 11.0. The van der Waals surface area contributed by atoms with Crippen LogP contribution in [0, 0.1) is 0 Å². The Bertz CT molecular complexity index is 994. The van der Waals surface area contributed by atoms with Crippen LogP contribution in [0.25, 0.3) is 0 Å². The van der Waals surface area contributed by atoms with Gasteiger partial charge in [-0.1, -0.05) is 0 Å². The van der Waals surface area contributed by atoms with E-state index in [0.29, 0.717) is 4.88 Å². The van der Waals surface area contributed by atoms with Crippen LogP contribution in [-0.4, -0.2) is 34.3 Å². The van der Waals surface area contributed by atoms with Gasteiger partial charge < -0.3 is 10.4 Å². The van der Waals surface area contributed by atoms with Crippen LogP contribution >= 0.6 is 27.3 Å². The highest BCUT2D eigenvalue weighted by atomic mass is 79.9. The zero-order valence-corrected chi connectivity index (χ0v) is 16.2. The quantitative estimate of drug-likeness (QED) is 0.717. The van der Waals surface area contributed by atoms with Crippen molar-refractivity contribution in [2.24, 2.45) is 0 Å². The summed E-state index contributed by atoms with van der Waals surface area (Å²) >= 11 is 4.02. The Morgan fingerprint density at radius 3 is 2.42 bits per heavy atom. The minimum Gasteiger partial charge on any atom is -0.465 e. The number of carbonyl (C=O) groups is 1. The summed E-state index contributed by atoms with van der Waals surface area (Å²) in [7, 11) is -7.30. The molecule has 24 heavy (non-hydrogen) atoms. The van der Waals surface area contributed by atoms with E-state index in [9.17, 15) is 21.6 Å². The molecule has 0 unspecified atom stereocenters. The normalized spacial score (nSPS) is 12.1. The van der Waals surface area contributed by atoms with Gasteiger partial charge in [0.05, 0.1) is 16.3 Å². The maximum atomic E-state index is 12.6. The third kappa shape index (κ3) is 4.15. The topological polar surface area (TPSA) is 118 Å². The number of nitrogens with one attached hydrogen (secondary N) is 1. The van der Waals surface area contributed by atoms with Crippen molar-refractivity contribution >= 4 is 53.0 Å². The standard InChI is InChI=1S/C13H12BrNO6S3/c1-23(18,19)11-4-3-9(6-10(11)14)24(20,21)12-5-2-8(22-12)7-15-13(16)17/h2-6,15H,7H2,1H3,(H,16,17). The number of sulfone groups is 2. The first kappa shape index (κ1) is 18.9. The summed E-state index contributed by atoms with van der Waals surface area (Å²) in [6, 6.07) is 6.60. The number of carboxylic acid groups (broad SMARTS) is 1. The lowest BCUT2D eigenvalue weighted by Crippen LogP contribution is -2.19. The number of amides is 1. The molecule has 0 saturated heterocycles. The van der Waals surface area contributed by atoms with E-state index < -0.39 is 25.8 Å². The van der Waals surface area contributed by atoms with Crippen LogP contribution < -0.4 is 5.32 Å². The second-order valence-electron chi connectivity index (χ2n) is 4.75. The average molecular weight is 454 g/mol. The molecule has 1 aromatic carbocycles. The molecule has 1 amide bonds. The second kappa shape index (κ2) is 6.82. The molecule has 0 radical (unpaired) electrons. The van der Waals surface area contributed by atoms with Crippen LogP contribution in [0.2, 0.25) is 0 Å². The first-order chi connectivity index (χ1) is 11.0. The molecule has 0 spiro atoms. The highest BCUT2D eigenvalue weighted by molar-refractivity contribution is 9.10. The third-order valence-corrected chi connectivity index (χ3v) is 8.33. The van der Waals surface area contributed by atoms with Gasteiger partial charge in [-0.2, -0.15) is 0 Å². The van der Waals surface area contributed by atoms with Crippen LogP contribution in [-0.2, 0) is 26.2 Å². The fourth-order valence-electron chi connectivity index (χ4n) is 1.83. The van der Waals surface area contributed by atoms with Crippen LogP contribution in [0.3, 0.4) is 0 Å². The average Bonchev–Trinajstić information content (AvgIpc) is 2.93. The number of halogens is 1. The van der Waals surface area contributed by atoms with Gasteiger partial charge in [-0.3, -0.25) is 0 Å². The molecule has 1 heterocycles. The van der Waals surface area contributed by atoms with Crippen molar-refractivity contribution in [3.63, 3.8) is 0 Å². The summed E-state index contributed by atoms with van der Waals surface area (Å²) in [5, 5.41) is 10.7. The minimum absolute atomic E-state index is 0.000947. The molecule has 0 aliphatic rings. The highest BCUT2D eigenvalue weighted by Crippen LogP contribution is 2.31. The molecular weight excluding hydrogens is 442 g/mol. The molecule has 7 nitrogen and oxygen atoms in total. The minimum atomic E-state index is -3.82. The molecule has 130 valence electrons. The van der Waals surface area contributed by atoms with Gasteiger partial charge in [0, 0.05) is 15.6 Å².